The molecule has 154 valence electrons. The van der Waals surface area contributed by atoms with Crippen molar-refractivity contribution in [2.75, 3.05) is 11.5 Å². The van der Waals surface area contributed by atoms with Crippen LogP contribution in [0.5, 0.6) is 11.5 Å². The van der Waals surface area contributed by atoms with Crippen LogP contribution in [0.3, 0.4) is 0 Å². The maximum absolute atomic E-state index is 12.7. The Balaban J connectivity index is 1.49. The van der Waals surface area contributed by atoms with Crippen molar-refractivity contribution in [2.45, 2.75) is 11.4 Å². The summed E-state index contributed by atoms with van der Waals surface area (Å²) in [6, 6.07) is 18.1. The fourth-order valence-electron chi connectivity index (χ4n) is 2.92. The zero-order chi connectivity index (χ0) is 21.1. The summed E-state index contributed by atoms with van der Waals surface area (Å²) in [5.41, 5.74) is 1.25. The molecule has 2 N–H and O–H groups in total. The van der Waals surface area contributed by atoms with Gasteiger partial charge in [-0.25, -0.2) is 8.42 Å². The highest BCUT2D eigenvalue weighted by molar-refractivity contribution is 9.10. The van der Waals surface area contributed by atoms with E-state index in [1.807, 2.05) is 6.07 Å². The predicted octanol–water partition coefficient (Wildman–Crippen LogP) is 3.91. The summed E-state index contributed by atoms with van der Waals surface area (Å²) in [5, 5.41) is 2.80. The van der Waals surface area contributed by atoms with Crippen LogP contribution in [-0.4, -0.2) is 21.1 Å². The highest BCUT2D eigenvalue weighted by Gasteiger charge is 2.19. The van der Waals surface area contributed by atoms with E-state index in [-0.39, 0.29) is 29.5 Å². The van der Waals surface area contributed by atoms with Crippen LogP contribution in [-0.2, 0) is 16.6 Å². The number of ether oxygens (including phenoxy) is 2. The molecule has 1 heterocycles. The lowest BCUT2D eigenvalue weighted by atomic mass is 10.1. The second kappa shape index (κ2) is 8.37. The van der Waals surface area contributed by atoms with Gasteiger partial charge in [0.2, 0.25) is 6.79 Å². The Morgan fingerprint density at radius 2 is 1.70 bits per heavy atom. The number of amides is 1. The molecule has 0 saturated carbocycles. The summed E-state index contributed by atoms with van der Waals surface area (Å²) in [4.78, 5) is 12.8. The van der Waals surface area contributed by atoms with Gasteiger partial charge in [-0.05, 0) is 54.1 Å². The van der Waals surface area contributed by atoms with Gasteiger partial charge in [0.25, 0.3) is 15.9 Å². The standard InChI is InChI=1S/C21H17BrN2O5S/c22-15-6-8-16(9-7-15)30(26,27)24-18-4-2-1-3-17(18)21(25)23-12-14-5-10-19-20(11-14)29-13-28-19/h1-11,24H,12-13H2,(H,23,25). The van der Waals surface area contributed by atoms with E-state index in [2.05, 4.69) is 26.0 Å². The Labute approximate surface area is 182 Å². The summed E-state index contributed by atoms with van der Waals surface area (Å²) in [6.45, 7) is 0.431. The molecule has 30 heavy (non-hydrogen) atoms. The molecule has 3 aromatic carbocycles. The first-order chi connectivity index (χ1) is 14.4. The van der Waals surface area contributed by atoms with E-state index in [9.17, 15) is 13.2 Å². The molecule has 7 nitrogen and oxygen atoms in total. The van der Waals surface area contributed by atoms with Crippen LogP contribution in [0.15, 0.2) is 76.1 Å². The highest BCUT2D eigenvalue weighted by atomic mass is 79.9. The Morgan fingerprint density at radius 1 is 0.967 bits per heavy atom. The molecule has 0 spiro atoms. The molecule has 0 saturated heterocycles. The van der Waals surface area contributed by atoms with Crippen LogP contribution in [0.4, 0.5) is 5.69 Å². The maximum atomic E-state index is 12.7. The summed E-state index contributed by atoms with van der Waals surface area (Å²) >= 11 is 3.28. The van der Waals surface area contributed by atoms with Gasteiger partial charge in [0, 0.05) is 11.0 Å². The third-order valence-electron chi connectivity index (χ3n) is 4.43. The molecule has 1 amide bonds. The molecule has 0 atom stereocenters. The van der Waals surface area contributed by atoms with Gasteiger partial charge in [0.1, 0.15) is 0 Å². The Hall–Kier alpha value is -3.04. The smallest absolute Gasteiger partial charge is 0.261 e. The van der Waals surface area contributed by atoms with E-state index < -0.39 is 15.9 Å². The van der Waals surface area contributed by atoms with Crippen LogP contribution in [0.1, 0.15) is 15.9 Å². The number of sulfonamides is 1. The van der Waals surface area contributed by atoms with Gasteiger partial charge in [0.05, 0.1) is 16.1 Å². The Morgan fingerprint density at radius 3 is 2.50 bits per heavy atom. The van der Waals surface area contributed by atoms with Gasteiger partial charge in [-0.2, -0.15) is 0 Å². The molecular formula is C21H17BrN2O5S. The monoisotopic (exact) mass is 488 g/mol. The van der Waals surface area contributed by atoms with Gasteiger partial charge in [-0.1, -0.05) is 34.1 Å². The molecule has 3 aromatic rings. The number of rotatable bonds is 6. The maximum Gasteiger partial charge on any atom is 0.261 e. The molecule has 0 fully saturated rings. The number of hydrogen-bond donors (Lipinski definition) is 2. The molecule has 0 radical (unpaired) electrons. The second-order valence-electron chi connectivity index (χ2n) is 6.48. The van der Waals surface area contributed by atoms with E-state index in [0.29, 0.717) is 11.5 Å². The number of hydrogen-bond acceptors (Lipinski definition) is 5. The molecule has 1 aliphatic heterocycles. The first-order valence-corrected chi connectivity index (χ1v) is 11.2. The normalized spacial score (nSPS) is 12.4. The van der Waals surface area contributed by atoms with E-state index in [1.165, 1.54) is 12.1 Å². The summed E-state index contributed by atoms with van der Waals surface area (Å²) in [6.07, 6.45) is 0. The van der Waals surface area contributed by atoms with Crippen molar-refractivity contribution < 1.29 is 22.7 Å². The molecule has 0 aromatic heterocycles. The minimum absolute atomic E-state index is 0.0984. The van der Waals surface area contributed by atoms with Gasteiger partial charge in [-0.15, -0.1) is 0 Å². The van der Waals surface area contributed by atoms with Gasteiger partial charge in [-0.3, -0.25) is 9.52 Å². The molecule has 0 bridgehead atoms. The van der Waals surface area contributed by atoms with E-state index in [0.717, 1.165) is 10.0 Å². The van der Waals surface area contributed by atoms with Gasteiger partial charge >= 0.3 is 0 Å². The molecule has 9 heteroatoms. The topological polar surface area (TPSA) is 93.7 Å². The van der Waals surface area contributed by atoms with Crippen molar-refractivity contribution in [3.8, 4) is 11.5 Å². The number of carbonyl (C=O) groups excluding carboxylic acids is 1. The van der Waals surface area contributed by atoms with E-state index >= 15 is 0 Å². The minimum atomic E-state index is -3.84. The fourth-order valence-corrected chi connectivity index (χ4v) is 4.26. The minimum Gasteiger partial charge on any atom is -0.454 e. The van der Waals surface area contributed by atoms with Crippen LogP contribution >= 0.6 is 15.9 Å². The SMILES string of the molecule is O=C(NCc1ccc2c(c1)OCO2)c1ccccc1NS(=O)(=O)c1ccc(Br)cc1. The van der Waals surface area contributed by atoms with Crippen molar-refractivity contribution in [1.82, 2.24) is 5.32 Å². The lowest BCUT2D eigenvalue weighted by molar-refractivity contribution is 0.0951. The fraction of sp³-hybridized carbons (Fsp3) is 0.0952. The van der Waals surface area contributed by atoms with E-state index in [4.69, 9.17) is 9.47 Å². The van der Waals surface area contributed by atoms with Crippen LogP contribution < -0.4 is 19.5 Å². The third-order valence-corrected chi connectivity index (χ3v) is 6.34. The van der Waals surface area contributed by atoms with Crippen molar-refractivity contribution >= 4 is 37.5 Å². The number of nitrogens with one attached hydrogen (secondary N) is 2. The number of carbonyl (C=O) groups is 1. The lowest BCUT2D eigenvalue weighted by Gasteiger charge is -2.13. The van der Waals surface area contributed by atoms with Crippen LogP contribution in [0.25, 0.3) is 0 Å². The molecule has 0 unspecified atom stereocenters. The lowest BCUT2D eigenvalue weighted by Crippen LogP contribution is -2.25. The average Bonchev–Trinajstić information content (AvgIpc) is 3.20. The number of para-hydroxylation sites is 1. The molecular weight excluding hydrogens is 472 g/mol. The van der Waals surface area contributed by atoms with Gasteiger partial charge in [0.15, 0.2) is 11.5 Å². The summed E-state index contributed by atoms with van der Waals surface area (Å²) in [7, 11) is -3.84. The van der Waals surface area contributed by atoms with Crippen LogP contribution in [0.2, 0.25) is 0 Å². The largest absolute Gasteiger partial charge is 0.454 e. The first-order valence-electron chi connectivity index (χ1n) is 8.96. The van der Waals surface area contributed by atoms with Gasteiger partial charge < -0.3 is 14.8 Å². The Kier molecular flexibility index (Phi) is 5.65. The quantitative estimate of drug-likeness (QED) is 0.548. The number of benzene rings is 3. The van der Waals surface area contributed by atoms with Crippen molar-refractivity contribution in [3.05, 3.63) is 82.3 Å². The Bertz CT molecular complexity index is 1200. The molecule has 1 aliphatic rings. The predicted molar refractivity (Wildman–Crippen MR) is 115 cm³/mol. The second-order valence-corrected chi connectivity index (χ2v) is 9.07. The first kappa shape index (κ1) is 20.2. The zero-order valence-corrected chi connectivity index (χ0v) is 18.0. The molecule has 4 rings (SSSR count). The number of anilines is 1. The van der Waals surface area contributed by atoms with Crippen molar-refractivity contribution in [1.29, 1.82) is 0 Å². The summed E-state index contributed by atoms with van der Waals surface area (Å²) < 4.78 is 39.3. The average molecular weight is 489 g/mol. The van der Waals surface area contributed by atoms with E-state index in [1.54, 1.807) is 48.5 Å². The number of halogens is 1. The van der Waals surface area contributed by atoms with Crippen molar-refractivity contribution in [2.24, 2.45) is 0 Å². The van der Waals surface area contributed by atoms with Crippen molar-refractivity contribution in [3.63, 3.8) is 0 Å². The highest BCUT2D eigenvalue weighted by Crippen LogP contribution is 2.32. The zero-order valence-electron chi connectivity index (χ0n) is 15.6. The number of fused-ring (bicyclic) bond motifs is 1. The third kappa shape index (κ3) is 4.42. The van der Waals surface area contributed by atoms with Crippen LogP contribution in [0, 0.1) is 0 Å². The molecule has 0 aliphatic carbocycles. The summed E-state index contributed by atoms with van der Waals surface area (Å²) in [5.74, 6) is 0.893.